The predicted molar refractivity (Wildman–Crippen MR) is 64.6 cm³/mol. The maximum absolute atomic E-state index is 12.1. The lowest BCUT2D eigenvalue weighted by Crippen LogP contribution is -2.52. The number of carbonyl (C=O) groups is 2. The lowest BCUT2D eigenvalue weighted by atomic mass is 9.91. The number of amides is 1. The first kappa shape index (κ1) is 14.0. The van der Waals surface area contributed by atoms with Gasteiger partial charge in [-0.05, 0) is 25.8 Å². The highest BCUT2D eigenvalue weighted by Gasteiger charge is 2.36. The summed E-state index contributed by atoms with van der Waals surface area (Å²) in [4.78, 5) is 24.8. The minimum absolute atomic E-state index is 0.0568. The van der Waals surface area contributed by atoms with Gasteiger partial charge in [0.1, 0.15) is 6.04 Å². The molecule has 5 nitrogen and oxygen atoms in total. The first-order chi connectivity index (χ1) is 7.97. The van der Waals surface area contributed by atoms with Crippen molar-refractivity contribution in [2.24, 2.45) is 11.8 Å². The first-order valence-corrected chi connectivity index (χ1v) is 6.15. The van der Waals surface area contributed by atoms with Crippen molar-refractivity contribution in [3.63, 3.8) is 0 Å². The first-order valence-electron chi connectivity index (χ1n) is 6.15. The second-order valence-corrected chi connectivity index (χ2v) is 4.97. The van der Waals surface area contributed by atoms with Gasteiger partial charge in [-0.3, -0.25) is 4.79 Å². The molecule has 17 heavy (non-hydrogen) atoms. The summed E-state index contributed by atoms with van der Waals surface area (Å²) < 4.78 is 0. The molecule has 5 heteroatoms. The average Bonchev–Trinajstić information content (AvgIpc) is 2.28. The third kappa shape index (κ3) is 3.43. The minimum Gasteiger partial charge on any atom is -0.480 e. The van der Waals surface area contributed by atoms with Crippen molar-refractivity contribution in [1.82, 2.24) is 10.2 Å². The number of likely N-dealkylation sites (tertiary alicyclic amines) is 1. The van der Waals surface area contributed by atoms with Crippen molar-refractivity contribution in [2.45, 2.75) is 32.7 Å². The second kappa shape index (κ2) is 6.00. The van der Waals surface area contributed by atoms with Crippen LogP contribution >= 0.6 is 0 Å². The molecule has 0 aromatic carbocycles. The molecule has 3 unspecified atom stereocenters. The molecule has 1 aliphatic heterocycles. The Balaban J connectivity index is 2.72. The number of hydrogen-bond acceptors (Lipinski definition) is 3. The van der Waals surface area contributed by atoms with E-state index < -0.39 is 12.0 Å². The molecule has 0 aliphatic carbocycles. The molecule has 98 valence electrons. The van der Waals surface area contributed by atoms with E-state index in [1.165, 1.54) is 4.90 Å². The van der Waals surface area contributed by atoms with Crippen LogP contribution in [-0.2, 0) is 9.59 Å². The van der Waals surface area contributed by atoms with E-state index >= 15 is 0 Å². The van der Waals surface area contributed by atoms with Crippen LogP contribution in [0.25, 0.3) is 0 Å². The molecular formula is C12H22N2O3. The Morgan fingerprint density at radius 3 is 2.71 bits per heavy atom. The van der Waals surface area contributed by atoms with Crippen LogP contribution in [0.1, 0.15) is 26.7 Å². The number of nitrogens with one attached hydrogen (secondary N) is 1. The van der Waals surface area contributed by atoms with Gasteiger partial charge in [0.2, 0.25) is 5.91 Å². The van der Waals surface area contributed by atoms with E-state index in [0.717, 1.165) is 6.42 Å². The van der Waals surface area contributed by atoms with Gasteiger partial charge in [-0.1, -0.05) is 13.8 Å². The molecule has 0 aromatic heterocycles. The monoisotopic (exact) mass is 242 g/mol. The van der Waals surface area contributed by atoms with Gasteiger partial charge in [-0.15, -0.1) is 0 Å². The minimum atomic E-state index is -0.887. The van der Waals surface area contributed by atoms with Gasteiger partial charge < -0.3 is 15.3 Å². The number of carboxylic acids is 1. The normalized spacial score (nSPS) is 26.6. The van der Waals surface area contributed by atoms with Gasteiger partial charge in [-0.2, -0.15) is 0 Å². The van der Waals surface area contributed by atoms with E-state index in [1.807, 2.05) is 13.8 Å². The van der Waals surface area contributed by atoms with E-state index in [1.54, 1.807) is 7.05 Å². The third-order valence-electron chi connectivity index (χ3n) is 3.36. The largest absolute Gasteiger partial charge is 0.480 e. The number of hydrogen-bond donors (Lipinski definition) is 2. The number of aliphatic carboxylic acids is 1. The maximum atomic E-state index is 12.1. The molecule has 1 heterocycles. The molecular weight excluding hydrogens is 220 g/mol. The van der Waals surface area contributed by atoms with Crippen LogP contribution < -0.4 is 5.32 Å². The second-order valence-electron chi connectivity index (χ2n) is 4.97. The summed E-state index contributed by atoms with van der Waals surface area (Å²) >= 11 is 0. The Morgan fingerprint density at radius 2 is 2.18 bits per heavy atom. The fraction of sp³-hybridized carbons (Fsp3) is 0.833. The highest BCUT2D eigenvalue weighted by molar-refractivity contribution is 5.85. The Morgan fingerprint density at radius 1 is 1.53 bits per heavy atom. The summed E-state index contributed by atoms with van der Waals surface area (Å²) in [6.45, 7) is 5.01. The predicted octanol–water partition coefficient (Wildman–Crippen LogP) is 0.554. The van der Waals surface area contributed by atoms with Crippen molar-refractivity contribution < 1.29 is 14.7 Å². The lowest BCUT2D eigenvalue weighted by Gasteiger charge is -2.37. The van der Waals surface area contributed by atoms with Crippen molar-refractivity contribution in [1.29, 1.82) is 0 Å². The van der Waals surface area contributed by atoms with Crippen molar-refractivity contribution in [3.05, 3.63) is 0 Å². The fourth-order valence-electron chi connectivity index (χ4n) is 2.32. The highest BCUT2D eigenvalue weighted by atomic mass is 16.4. The number of nitrogens with zero attached hydrogens (tertiary/aromatic N) is 1. The molecule has 1 amide bonds. The van der Waals surface area contributed by atoms with Crippen LogP contribution in [0.2, 0.25) is 0 Å². The van der Waals surface area contributed by atoms with Crippen LogP contribution in [0, 0.1) is 11.8 Å². The van der Waals surface area contributed by atoms with Crippen molar-refractivity contribution >= 4 is 11.9 Å². The number of piperidine rings is 1. The molecule has 0 radical (unpaired) electrons. The summed E-state index contributed by atoms with van der Waals surface area (Å²) in [6.07, 6.45) is 1.45. The Labute approximate surface area is 102 Å². The Bertz CT molecular complexity index is 293. The Hall–Kier alpha value is -1.10. The van der Waals surface area contributed by atoms with Crippen LogP contribution in [0.4, 0.5) is 0 Å². The number of carboxylic acid groups (broad SMARTS) is 1. The molecule has 2 N–H and O–H groups in total. The molecule has 3 atom stereocenters. The topological polar surface area (TPSA) is 69.6 Å². The molecule has 1 rings (SSSR count). The summed E-state index contributed by atoms with van der Waals surface area (Å²) in [5, 5.41) is 12.1. The molecule has 1 aliphatic rings. The van der Waals surface area contributed by atoms with Crippen molar-refractivity contribution in [2.75, 3.05) is 20.1 Å². The van der Waals surface area contributed by atoms with Gasteiger partial charge in [0.25, 0.3) is 0 Å². The van der Waals surface area contributed by atoms with Crippen LogP contribution in [-0.4, -0.2) is 48.1 Å². The molecule has 1 saturated heterocycles. The van der Waals surface area contributed by atoms with Crippen LogP contribution in [0.3, 0.4) is 0 Å². The fourth-order valence-corrected chi connectivity index (χ4v) is 2.32. The average molecular weight is 242 g/mol. The van der Waals surface area contributed by atoms with Crippen molar-refractivity contribution in [3.8, 4) is 0 Å². The van der Waals surface area contributed by atoms with Gasteiger partial charge >= 0.3 is 5.97 Å². The SMILES string of the molecule is CNCC(C)C(=O)N1CCC(C)CC1C(=O)O. The lowest BCUT2D eigenvalue weighted by molar-refractivity contribution is -0.154. The van der Waals surface area contributed by atoms with Gasteiger partial charge in [0, 0.05) is 19.0 Å². The zero-order valence-corrected chi connectivity index (χ0v) is 10.8. The van der Waals surface area contributed by atoms with Crippen LogP contribution in [0.5, 0.6) is 0 Å². The molecule has 0 bridgehead atoms. The van der Waals surface area contributed by atoms with Crippen LogP contribution in [0.15, 0.2) is 0 Å². The Kier molecular flexibility index (Phi) is 4.93. The molecule has 0 spiro atoms. The smallest absolute Gasteiger partial charge is 0.326 e. The standard InChI is InChI=1S/C12H22N2O3/c1-8-4-5-14(10(6-8)12(16)17)11(15)9(2)7-13-3/h8-10,13H,4-7H2,1-3H3,(H,16,17). The van der Waals surface area contributed by atoms with E-state index in [4.69, 9.17) is 0 Å². The van der Waals surface area contributed by atoms with E-state index in [-0.39, 0.29) is 11.8 Å². The van der Waals surface area contributed by atoms with Gasteiger partial charge in [-0.25, -0.2) is 4.79 Å². The summed E-state index contributed by atoms with van der Waals surface area (Å²) in [7, 11) is 1.79. The summed E-state index contributed by atoms with van der Waals surface area (Å²) in [5.41, 5.74) is 0. The summed E-state index contributed by atoms with van der Waals surface area (Å²) in [6, 6.07) is -0.648. The number of carbonyl (C=O) groups excluding carboxylic acids is 1. The molecule has 0 aromatic rings. The van der Waals surface area contributed by atoms with Gasteiger partial charge in [0.05, 0.1) is 0 Å². The number of rotatable bonds is 4. The van der Waals surface area contributed by atoms with E-state index in [2.05, 4.69) is 5.32 Å². The van der Waals surface area contributed by atoms with E-state index in [0.29, 0.717) is 25.4 Å². The molecule has 1 fully saturated rings. The highest BCUT2D eigenvalue weighted by Crippen LogP contribution is 2.24. The van der Waals surface area contributed by atoms with Gasteiger partial charge in [0.15, 0.2) is 0 Å². The molecule has 0 saturated carbocycles. The maximum Gasteiger partial charge on any atom is 0.326 e. The third-order valence-corrected chi connectivity index (χ3v) is 3.36. The zero-order valence-electron chi connectivity index (χ0n) is 10.8. The quantitative estimate of drug-likeness (QED) is 0.755. The van der Waals surface area contributed by atoms with E-state index in [9.17, 15) is 14.7 Å². The summed E-state index contributed by atoms with van der Waals surface area (Å²) in [5.74, 6) is -0.741. The zero-order chi connectivity index (χ0) is 13.0.